The number of hydrogen-bond acceptors (Lipinski definition) is 13. The first-order valence-electron chi connectivity index (χ1n) is 16.5. The Balaban J connectivity index is 1.45. The van der Waals surface area contributed by atoms with E-state index in [0.717, 1.165) is 5.56 Å². The van der Waals surface area contributed by atoms with E-state index in [4.69, 9.17) is 38.3 Å². The number of rotatable bonds is 14. The molecule has 2 heterocycles. The van der Waals surface area contributed by atoms with Crippen LogP contribution >= 0.6 is 0 Å². The lowest BCUT2D eigenvalue weighted by molar-refractivity contribution is -0.148. The van der Waals surface area contributed by atoms with Crippen LogP contribution in [0.2, 0.25) is 0 Å². The molecule has 0 saturated heterocycles. The Labute approximate surface area is 294 Å². The summed E-state index contributed by atoms with van der Waals surface area (Å²) in [6.07, 6.45) is -0.574. The SMILES string of the molecule is COCCOC(=O)CCC(=O)Oc1ccc2c(c1)Oc1cc(OC(=O)CCC(=O)OCCCO)ccc1C21OC(=O)c2ccc(C(C)(C)C)cc21. The highest BCUT2D eigenvalue weighted by molar-refractivity contribution is 5.97. The topological polar surface area (TPSA) is 170 Å². The molecule has 5 rings (SSSR count). The summed E-state index contributed by atoms with van der Waals surface area (Å²) in [6.45, 7) is 6.40. The smallest absolute Gasteiger partial charge is 0.340 e. The van der Waals surface area contributed by atoms with Crippen LogP contribution in [0.15, 0.2) is 54.6 Å². The van der Waals surface area contributed by atoms with Crippen LogP contribution in [0.1, 0.15) is 85.5 Å². The summed E-state index contributed by atoms with van der Waals surface area (Å²) in [5.41, 5.74) is 1.13. The Kier molecular flexibility index (Phi) is 11.4. The molecule has 0 amide bonds. The van der Waals surface area contributed by atoms with Gasteiger partial charge < -0.3 is 38.3 Å². The minimum atomic E-state index is -1.47. The lowest BCUT2D eigenvalue weighted by Gasteiger charge is -2.37. The fourth-order valence-electron chi connectivity index (χ4n) is 5.68. The number of carbonyl (C=O) groups excluding carboxylic acids is 5. The summed E-state index contributed by atoms with van der Waals surface area (Å²) in [7, 11) is 1.48. The van der Waals surface area contributed by atoms with E-state index in [0.29, 0.717) is 28.7 Å². The van der Waals surface area contributed by atoms with Crippen molar-refractivity contribution in [3.63, 3.8) is 0 Å². The molecule has 0 aliphatic carbocycles. The van der Waals surface area contributed by atoms with Crippen LogP contribution in [0, 0.1) is 0 Å². The standard InChI is InChI=1S/C38H40O13/c1-37(2,3)23-6-9-26-29(20-23)38(51-36(26)44)27-10-7-24(48-34(42)14-12-32(40)46-17-5-16-39)21-30(27)50-31-22-25(8-11-28(31)38)49-35(43)15-13-33(41)47-19-18-45-4/h6-11,20-22,39H,5,12-19H2,1-4H3. The van der Waals surface area contributed by atoms with E-state index < -0.39 is 35.4 Å². The predicted molar refractivity (Wildman–Crippen MR) is 179 cm³/mol. The lowest BCUT2D eigenvalue weighted by Crippen LogP contribution is -2.33. The average Bonchev–Trinajstić information content (AvgIpc) is 3.37. The van der Waals surface area contributed by atoms with Crippen LogP contribution in [0.25, 0.3) is 0 Å². The van der Waals surface area contributed by atoms with Gasteiger partial charge in [-0.1, -0.05) is 26.8 Å². The summed E-state index contributed by atoms with van der Waals surface area (Å²) in [5, 5.41) is 8.85. The van der Waals surface area contributed by atoms with Crippen molar-refractivity contribution in [2.24, 2.45) is 0 Å². The van der Waals surface area contributed by atoms with Gasteiger partial charge in [-0.25, -0.2) is 4.79 Å². The fourth-order valence-corrected chi connectivity index (χ4v) is 5.68. The average molecular weight is 705 g/mol. The number of aliphatic hydroxyl groups is 1. The maximum atomic E-state index is 13.5. The molecule has 3 aromatic rings. The molecule has 0 fully saturated rings. The van der Waals surface area contributed by atoms with Gasteiger partial charge in [0.05, 0.1) is 44.5 Å². The van der Waals surface area contributed by atoms with Crippen molar-refractivity contribution in [2.45, 2.75) is 63.9 Å². The van der Waals surface area contributed by atoms with Gasteiger partial charge in [-0.2, -0.15) is 0 Å². The second kappa shape index (κ2) is 15.7. The van der Waals surface area contributed by atoms with E-state index in [2.05, 4.69) is 20.8 Å². The molecule has 270 valence electrons. The highest BCUT2D eigenvalue weighted by Gasteiger charge is 2.54. The molecular formula is C38H40O13. The molecule has 13 heteroatoms. The van der Waals surface area contributed by atoms with Crippen LogP contribution < -0.4 is 14.2 Å². The van der Waals surface area contributed by atoms with Gasteiger partial charge in [0.2, 0.25) is 0 Å². The number of hydrogen-bond donors (Lipinski definition) is 1. The normalized spacial score (nSPS) is 15.5. The molecule has 1 spiro atoms. The van der Waals surface area contributed by atoms with Gasteiger partial charge in [0.25, 0.3) is 0 Å². The molecule has 0 saturated carbocycles. The van der Waals surface area contributed by atoms with Gasteiger partial charge >= 0.3 is 29.8 Å². The van der Waals surface area contributed by atoms with Crippen LogP contribution in [0.5, 0.6) is 23.0 Å². The monoisotopic (exact) mass is 704 g/mol. The molecular weight excluding hydrogens is 664 g/mol. The number of methoxy groups -OCH3 is 1. The number of carbonyl (C=O) groups is 5. The number of aliphatic hydroxyl groups excluding tert-OH is 1. The van der Waals surface area contributed by atoms with Crippen molar-refractivity contribution in [1.29, 1.82) is 0 Å². The minimum Gasteiger partial charge on any atom is -0.466 e. The summed E-state index contributed by atoms with van der Waals surface area (Å²) in [4.78, 5) is 62.6. The van der Waals surface area contributed by atoms with Gasteiger partial charge in [-0.3, -0.25) is 19.2 Å². The molecule has 0 radical (unpaired) electrons. The number of fused-ring (bicyclic) bond motifs is 6. The van der Waals surface area contributed by atoms with Crippen molar-refractivity contribution in [1.82, 2.24) is 0 Å². The van der Waals surface area contributed by atoms with Gasteiger partial charge in [0.15, 0.2) is 5.60 Å². The molecule has 13 nitrogen and oxygen atoms in total. The third-order valence-corrected chi connectivity index (χ3v) is 8.26. The molecule has 0 aromatic heterocycles. The number of esters is 5. The summed E-state index contributed by atoms with van der Waals surface area (Å²) in [5.74, 6) is -2.43. The maximum absolute atomic E-state index is 13.5. The minimum absolute atomic E-state index is 0.0472. The van der Waals surface area contributed by atoms with Crippen molar-refractivity contribution in [3.05, 3.63) is 82.4 Å². The van der Waals surface area contributed by atoms with Crippen molar-refractivity contribution in [2.75, 3.05) is 33.5 Å². The largest absolute Gasteiger partial charge is 0.466 e. The van der Waals surface area contributed by atoms with E-state index in [1.807, 2.05) is 12.1 Å². The summed E-state index contributed by atoms with van der Waals surface area (Å²) >= 11 is 0. The van der Waals surface area contributed by atoms with Crippen molar-refractivity contribution in [3.8, 4) is 23.0 Å². The first-order chi connectivity index (χ1) is 24.3. The zero-order chi connectivity index (χ0) is 36.8. The van der Waals surface area contributed by atoms with E-state index >= 15 is 0 Å². The van der Waals surface area contributed by atoms with Gasteiger partial charge in [0.1, 0.15) is 29.6 Å². The predicted octanol–water partition coefficient (Wildman–Crippen LogP) is 5.04. The Morgan fingerprint density at radius 1 is 0.706 bits per heavy atom. The molecule has 2 aliphatic rings. The van der Waals surface area contributed by atoms with Crippen molar-refractivity contribution >= 4 is 29.8 Å². The molecule has 1 atom stereocenters. The van der Waals surface area contributed by atoms with E-state index in [1.54, 1.807) is 30.3 Å². The summed E-state index contributed by atoms with van der Waals surface area (Å²) < 4.78 is 38.4. The van der Waals surface area contributed by atoms with E-state index in [9.17, 15) is 24.0 Å². The highest BCUT2D eigenvalue weighted by Crippen LogP contribution is 2.57. The third kappa shape index (κ3) is 8.38. The number of benzene rings is 3. The molecule has 1 N–H and O–H groups in total. The van der Waals surface area contributed by atoms with Crippen LogP contribution in [0.3, 0.4) is 0 Å². The first-order valence-corrected chi connectivity index (χ1v) is 16.5. The number of ether oxygens (including phenoxy) is 7. The second-order valence-electron chi connectivity index (χ2n) is 13.0. The second-order valence-corrected chi connectivity index (χ2v) is 13.0. The molecule has 1 unspecified atom stereocenters. The van der Waals surface area contributed by atoms with E-state index in [-0.39, 0.29) is 80.5 Å². The zero-order valence-electron chi connectivity index (χ0n) is 28.9. The van der Waals surface area contributed by atoms with Crippen LogP contribution in [-0.4, -0.2) is 68.5 Å². The van der Waals surface area contributed by atoms with Crippen LogP contribution in [-0.2, 0) is 49.1 Å². The Morgan fingerprint density at radius 3 is 1.78 bits per heavy atom. The molecule has 2 aliphatic heterocycles. The fraction of sp³-hybridized carbons (Fsp3) is 0.395. The molecule has 3 aromatic carbocycles. The van der Waals surface area contributed by atoms with Gasteiger partial charge in [0, 0.05) is 49.0 Å². The summed E-state index contributed by atoms with van der Waals surface area (Å²) in [6, 6.07) is 14.9. The Hall–Kier alpha value is -5.27. The maximum Gasteiger partial charge on any atom is 0.340 e. The molecule has 0 bridgehead atoms. The van der Waals surface area contributed by atoms with Gasteiger partial charge in [-0.05, 0) is 47.4 Å². The lowest BCUT2D eigenvalue weighted by atomic mass is 9.75. The zero-order valence-corrected chi connectivity index (χ0v) is 28.9. The van der Waals surface area contributed by atoms with Gasteiger partial charge in [-0.15, -0.1) is 0 Å². The Morgan fingerprint density at radius 2 is 1.25 bits per heavy atom. The Bertz CT molecular complexity index is 1730. The third-order valence-electron chi connectivity index (χ3n) is 8.26. The highest BCUT2D eigenvalue weighted by atomic mass is 16.6. The van der Waals surface area contributed by atoms with Crippen LogP contribution in [0.4, 0.5) is 0 Å². The van der Waals surface area contributed by atoms with E-state index in [1.165, 1.54) is 19.2 Å². The first kappa shape index (κ1) is 37.0. The molecule has 51 heavy (non-hydrogen) atoms. The quantitative estimate of drug-likeness (QED) is 0.103. The van der Waals surface area contributed by atoms with Crippen molar-refractivity contribution < 1.29 is 62.2 Å².